The Kier molecular flexibility index (Phi) is 6.49. The summed E-state index contributed by atoms with van der Waals surface area (Å²) in [5.74, 6) is 0.670. The highest BCUT2D eigenvalue weighted by Crippen LogP contribution is 2.24. The molecule has 146 valence electrons. The van der Waals surface area contributed by atoms with Crippen LogP contribution in [0, 0.1) is 6.92 Å². The number of benzene rings is 1. The van der Waals surface area contributed by atoms with Crippen molar-refractivity contribution < 1.29 is 14.0 Å². The fraction of sp³-hybridized carbons (Fsp3) is 0.263. The van der Waals surface area contributed by atoms with Gasteiger partial charge in [-0.2, -0.15) is 0 Å². The molecule has 8 nitrogen and oxygen atoms in total. The molecule has 0 radical (unpaired) electrons. The number of rotatable bonds is 9. The van der Waals surface area contributed by atoms with Crippen LogP contribution in [0.2, 0.25) is 0 Å². The molecule has 0 bridgehead atoms. The van der Waals surface area contributed by atoms with Crippen LogP contribution >= 0.6 is 11.8 Å². The molecule has 28 heavy (non-hydrogen) atoms. The first-order valence-corrected chi connectivity index (χ1v) is 9.72. The fourth-order valence-corrected chi connectivity index (χ4v) is 3.38. The van der Waals surface area contributed by atoms with Crippen LogP contribution in [0.4, 0.5) is 0 Å². The number of nitrogens with zero attached hydrogens (tertiary/aromatic N) is 3. The maximum atomic E-state index is 12.2. The molecule has 2 heterocycles. The third kappa shape index (κ3) is 5.01. The van der Waals surface area contributed by atoms with E-state index in [0.717, 1.165) is 11.1 Å². The van der Waals surface area contributed by atoms with Gasteiger partial charge in [0.05, 0.1) is 12.0 Å². The number of primary amides is 1. The molecule has 0 atom stereocenters. The van der Waals surface area contributed by atoms with Crippen LogP contribution in [0.5, 0.6) is 0 Å². The maximum Gasteiger partial charge on any atom is 0.230 e. The molecular weight excluding hydrogens is 378 g/mol. The second kappa shape index (κ2) is 9.23. The molecule has 0 saturated carbocycles. The Morgan fingerprint density at radius 1 is 1.21 bits per heavy atom. The predicted molar refractivity (Wildman–Crippen MR) is 105 cm³/mol. The standard InChI is InChI=1S/C19H21N5O3S/c1-13-5-2-3-6-14(13)11-21-17(26)12-28-19-23-22-18(15-7-4-10-27-15)24(19)9-8-16(20)25/h2-7,10H,8-9,11-12H2,1H3,(H2,20,25)(H,21,26). The number of aryl methyl sites for hydroxylation is 1. The molecule has 0 unspecified atom stereocenters. The van der Waals surface area contributed by atoms with Crippen LogP contribution in [-0.2, 0) is 22.7 Å². The van der Waals surface area contributed by atoms with Gasteiger partial charge in [0.25, 0.3) is 0 Å². The number of furan rings is 1. The van der Waals surface area contributed by atoms with Crippen LogP contribution < -0.4 is 11.1 Å². The zero-order valence-electron chi connectivity index (χ0n) is 15.4. The van der Waals surface area contributed by atoms with Crippen LogP contribution in [-0.4, -0.2) is 32.3 Å². The van der Waals surface area contributed by atoms with Gasteiger partial charge < -0.3 is 15.5 Å². The van der Waals surface area contributed by atoms with Gasteiger partial charge in [0, 0.05) is 19.5 Å². The Bertz CT molecular complexity index is 952. The van der Waals surface area contributed by atoms with Crippen molar-refractivity contribution in [3.8, 4) is 11.6 Å². The minimum atomic E-state index is -0.425. The molecule has 2 amide bonds. The number of hydrogen-bond acceptors (Lipinski definition) is 6. The average Bonchev–Trinajstić information content (AvgIpc) is 3.33. The highest BCUT2D eigenvalue weighted by Gasteiger charge is 2.18. The lowest BCUT2D eigenvalue weighted by Gasteiger charge is -2.09. The van der Waals surface area contributed by atoms with E-state index in [1.54, 1.807) is 16.7 Å². The smallest absolute Gasteiger partial charge is 0.230 e. The van der Waals surface area contributed by atoms with Crippen molar-refractivity contribution in [2.75, 3.05) is 5.75 Å². The molecular formula is C19H21N5O3S. The number of thioether (sulfide) groups is 1. The summed E-state index contributed by atoms with van der Waals surface area (Å²) in [5.41, 5.74) is 7.47. The fourth-order valence-electron chi connectivity index (χ4n) is 2.59. The van der Waals surface area contributed by atoms with E-state index in [1.807, 2.05) is 31.2 Å². The van der Waals surface area contributed by atoms with Gasteiger partial charge in [0.1, 0.15) is 0 Å². The average molecular weight is 399 g/mol. The Morgan fingerprint density at radius 2 is 2.04 bits per heavy atom. The number of amides is 2. The SMILES string of the molecule is Cc1ccccc1CNC(=O)CSc1nnc(-c2ccco2)n1CCC(N)=O. The Hall–Kier alpha value is -3.07. The molecule has 3 rings (SSSR count). The van der Waals surface area contributed by atoms with Gasteiger partial charge in [-0.1, -0.05) is 36.0 Å². The number of carbonyl (C=O) groups excluding carboxylic acids is 2. The van der Waals surface area contributed by atoms with E-state index in [0.29, 0.717) is 29.8 Å². The summed E-state index contributed by atoms with van der Waals surface area (Å²) >= 11 is 1.25. The Morgan fingerprint density at radius 3 is 2.75 bits per heavy atom. The van der Waals surface area contributed by atoms with Crippen molar-refractivity contribution in [3.63, 3.8) is 0 Å². The quantitative estimate of drug-likeness (QED) is 0.533. The maximum absolute atomic E-state index is 12.2. The van der Waals surface area contributed by atoms with Gasteiger partial charge in [-0.3, -0.25) is 14.2 Å². The van der Waals surface area contributed by atoms with Crippen LogP contribution in [0.3, 0.4) is 0 Å². The summed E-state index contributed by atoms with van der Waals surface area (Å²) < 4.78 is 7.12. The summed E-state index contributed by atoms with van der Waals surface area (Å²) in [6.07, 6.45) is 1.67. The van der Waals surface area contributed by atoms with E-state index in [2.05, 4.69) is 15.5 Å². The van der Waals surface area contributed by atoms with E-state index in [9.17, 15) is 9.59 Å². The minimum Gasteiger partial charge on any atom is -0.461 e. The van der Waals surface area contributed by atoms with Crippen molar-refractivity contribution in [1.82, 2.24) is 20.1 Å². The van der Waals surface area contributed by atoms with Crippen molar-refractivity contribution in [1.29, 1.82) is 0 Å². The molecule has 3 N–H and O–H groups in total. The van der Waals surface area contributed by atoms with Gasteiger partial charge in [0.2, 0.25) is 11.8 Å². The summed E-state index contributed by atoms with van der Waals surface area (Å²) in [6.45, 7) is 2.79. The normalized spacial score (nSPS) is 10.8. The molecule has 0 aliphatic heterocycles. The first kappa shape index (κ1) is 19.7. The number of nitrogens with one attached hydrogen (secondary N) is 1. The predicted octanol–water partition coefficient (Wildman–Crippen LogP) is 2.13. The number of carbonyl (C=O) groups is 2. The van der Waals surface area contributed by atoms with Crippen molar-refractivity contribution in [3.05, 3.63) is 53.8 Å². The molecule has 0 saturated heterocycles. The van der Waals surface area contributed by atoms with E-state index in [-0.39, 0.29) is 18.1 Å². The topological polar surface area (TPSA) is 116 Å². The van der Waals surface area contributed by atoms with Crippen molar-refractivity contribution >= 4 is 23.6 Å². The first-order valence-electron chi connectivity index (χ1n) is 8.74. The van der Waals surface area contributed by atoms with Gasteiger partial charge in [0.15, 0.2) is 16.7 Å². The van der Waals surface area contributed by atoms with Gasteiger partial charge in [-0.25, -0.2) is 0 Å². The molecule has 0 aliphatic carbocycles. The molecule has 1 aromatic carbocycles. The lowest BCUT2D eigenvalue weighted by atomic mass is 10.1. The Labute approximate surface area is 166 Å². The molecule has 3 aromatic rings. The highest BCUT2D eigenvalue weighted by atomic mass is 32.2. The number of hydrogen-bond donors (Lipinski definition) is 2. The minimum absolute atomic E-state index is 0.114. The summed E-state index contributed by atoms with van der Waals surface area (Å²) in [6, 6.07) is 11.4. The lowest BCUT2D eigenvalue weighted by Crippen LogP contribution is -2.25. The molecule has 0 spiro atoms. The van der Waals surface area contributed by atoms with E-state index >= 15 is 0 Å². The molecule has 2 aromatic heterocycles. The van der Waals surface area contributed by atoms with E-state index < -0.39 is 5.91 Å². The largest absolute Gasteiger partial charge is 0.461 e. The molecule has 0 fully saturated rings. The Balaban J connectivity index is 1.63. The zero-order chi connectivity index (χ0) is 19.9. The van der Waals surface area contributed by atoms with E-state index in [4.69, 9.17) is 10.2 Å². The monoisotopic (exact) mass is 399 g/mol. The third-order valence-electron chi connectivity index (χ3n) is 4.11. The number of nitrogens with two attached hydrogens (primary N) is 1. The second-order valence-corrected chi connectivity index (χ2v) is 7.09. The van der Waals surface area contributed by atoms with Crippen LogP contribution in [0.1, 0.15) is 17.5 Å². The summed E-state index contributed by atoms with van der Waals surface area (Å²) in [5, 5.41) is 11.7. The second-order valence-electron chi connectivity index (χ2n) is 6.14. The van der Waals surface area contributed by atoms with E-state index in [1.165, 1.54) is 18.0 Å². The summed E-state index contributed by atoms with van der Waals surface area (Å²) in [4.78, 5) is 23.4. The van der Waals surface area contributed by atoms with Crippen molar-refractivity contribution in [2.24, 2.45) is 5.73 Å². The lowest BCUT2D eigenvalue weighted by molar-refractivity contribution is -0.119. The summed E-state index contributed by atoms with van der Waals surface area (Å²) in [7, 11) is 0. The molecule has 9 heteroatoms. The van der Waals surface area contributed by atoms with Crippen LogP contribution in [0.25, 0.3) is 11.6 Å². The van der Waals surface area contributed by atoms with Gasteiger partial charge in [-0.05, 0) is 30.2 Å². The zero-order valence-corrected chi connectivity index (χ0v) is 16.2. The highest BCUT2D eigenvalue weighted by molar-refractivity contribution is 7.99. The van der Waals surface area contributed by atoms with Crippen LogP contribution in [0.15, 0.2) is 52.2 Å². The van der Waals surface area contributed by atoms with Gasteiger partial charge >= 0.3 is 0 Å². The first-order chi connectivity index (χ1) is 13.5. The van der Waals surface area contributed by atoms with Crippen molar-refractivity contribution in [2.45, 2.75) is 31.6 Å². The third-order valence-corrected chi connectivity index (χ3v) is 5.08. The number of aromatic nitrogens is 3. The molecule has 0 aliphatic rings. The van der Waals surface area contributed by atoms with Gasteiger partial charge in [-0.15, -0.1) is 10.2 Å².